The zero-order valence-corrected chi connectivity index (χ0v) is 16.6. The number of methoxy groups -OCH3 is 2. The van der Waals surface area contributed by atoms with Crippen molar-refractivity contribution >= 4 is 7.82 Å². The molecule has 150 valence electrons. The van der Waals surface area contributed by atoms with Gasteiger partial charge in [-0.05, 0) is 19.1 Å². The average molecular weight is 392 g/mol. The molecule has 0 fully saturated rings. The Balaban J connectivity index is 2.29. The first-order valence-electron chi connectivity index (χ1n) is 8.39. The van der Waals surface area contributed by atoms with E-state index in [4.69, 9.17) is 28.0 Å². The number of rotatable bonds is 14. The SMILES string of the molecule is CCOCC(C)COP(=O)(O)OCCOc1ccc(C(OC)OC)cc1. The predicted molar refractivity (Wildman–Crippen MR) is 96.1 cm³/mol. The highest BCUT2D eigenvalue weighted by Crippen LogP contribution is 2.43. The molecular formula is C17H29O8P. The molecule has 0 bridgehead atoms. The molecule has 0 aliphatic carbocycles. The zero-order chi connectivity index (χ0) is 19.4. The van der Waals surface area contributed by atoms with Crippen molar-refractivity contribution < 1.29 is 37.5 Å². The van der Waals surface area contributed by atoms with Gasteiger partial charge < -0.3 is 23.8 Å². The van der Waals surface area contributed by atoms with Crippen LogP contribution < -0.4 is 4.74 Å². The lowest BCUT2D eigenvalue weighted by Crippen LogP contribution is -2.13. The topological polar surface area (TPSA) is 92.7 Å². The van der Waals surface area contributed by atoms with Gasteiger partial charge in [-0.25, -0.2) is 4.57 Å². The Morgan fingerprint density at radius 2 is 1.69 bits per heavy atom. The largest absolute Gasteiger partial charge is 0.491 e. The number of benzene rings is 1. The van der Waals surface area contributed by atoms with E-state index in [9.17, 15) is 9.46 Å². The third-order valence-corrected chi connectivity index (χ3v) is 4.30. The summed E-state index contributed by atoms with van der Waals surface area (Å²) in [6.45, 7) is 4.91. The Hall–Kier alpha value is -0.990. The smallest absolute Gasteiger partial charge is 0.472 e. The van der Waals surface area contributed by atoms with Gasteiger partial charge in [0.15, 0.2) is 6.29 Å². The fraction of sp³-hybridized carbons (Fsp3) is 0.647. The molecule has 9 heteroatoms. The van der Waals surface area contributed by atoms with Crippen molar-refractivity contribution in [2.75, 3.05) is 47.3 Å². The van der Waals surface area contributed by atoms with Crippen molar-refractivity contribution in [1.82, 2.24) is 0 Å². The van der Waals surface area contributed by atoms with E-state index >= 15 is 0 Å². The third-order valence-electron chi connectivity index (χ3n) is 3.32. The van der Waals surface area contributed by atoms with E-state index in [1.807, 2.05) is 26.0 Å². The maximum atomic E-state index is 11.8. The highest BCUT2D eigenvalue weighted by atomic mass is 31.2. The van der Waals surface area contributed by atoms with E-state index < -0.39 is 14.1 Å². The van der Waals surface area contributed by atoms with Crippen LogP contribution in [-0.4, -0.2) is 52.1 Å². The van der Waals surface area contributed by atoms with Crippen molar-refractivity contribution in [1.29, 1.82) is 0 Å². The van der Waals surface area contributed by atoms with Crippen LogP contribution in [0.1, 0.15) is 25.7 Å². The Labute approximate surface area is 154 Å². The molecule has 26 heavy (non-hydrogen) atoms. The first-order valence-corrected chi connectivity index (χ1v) is 9.89. The number of phosphoric acid groups is 1. The van der Waals surface area contributed by atoms with Crippen LogP contribution in [0.5, 0.6) is 5.75 Å². The van der Waals surface area contributed by atoms with Gasteiger partial charge in [0.25, 0.3) is 0 Å². The van der Waals surface area contributed by atoms with E-state index in [0.29, 0.717) is 19.0 Å². The highest BCUT2D eigenvalue weighted by molar-refractivity contribution is 7.47. The van der Waals surface area contributed by atoms with Gasteiger partial charge >= 0.3 is 7.82 Å². The van der Waals surface area contributed by atoms with Gasteiger partial charge in [-0.3, -0.25) is 9.05 Å². The fourth-order valence-corrected chi connectivity index (χ4v) is 2.85. The fourth-order valence-electron chi connectivity index (χ4n) is 2.03. The molecule has 0 amide bonds. The van der Waals surface area contributed by atoms with Crippen LogP contribution >= 0.6 is 7.82 Å². The highest BCUT2D eigenvalue weighted by Gasteiger charge is 2.22. The van der Waals surface area contributed by atoms with E-state index in [1.54, 1.807) is 26.4 Å². The molecular weight excluding hydrogens is 363 g/mol. The van der Waals surface area contributed by atoms with Crippen LogP contribution in [0.4, 0.5) is 0 Å². The summed E-state index contributed by atoms with van der Waals surface area (Å²) in [4.78, 5) is 9.62. The molecule has 0 aliphatic heterocycles. The van der Waals surface area contributed by atoms with Crippen molar-refractivity contribution in [3.05, 3.63) is 29.8 Å². The summed E-state index contributed by atoms with van der Waals surface area (Å²) < 4.78 is 42.6. The van der Waals surface area contributed by atoms with Crippen molar-refractivity contribution in [3.8, 4) is 5.75 Å². The molecule has 1 aromatic carbocycles. The van der Waals surface area contributed by atoms with Crippen LogP contribution in [0.3, 0.4) is 0 Å². The van der Waals surface area contributed by atoms with Crippen LogP contribution in [0.25, 0.3) is 0 Å². The summed E-state index contributed by atoms with van der Waals surface area (Å²) in [7, 11) is -0.981. The van der Waals surface area contributed by atoms with Crippen molar-refractivity contribution in [2.45, 2.75) is 20.1 Å². The predicted octanol–water partition coefficient (Wildman–Crippen LogP) is 3.16. The molecule has 0 heterocycles. The van der Waals surface area contributed by atoms with Crippen molar-refractivity contribution in [2.24, 2.45) is 5.92 Å². The van der Waals surface area contributed by atoms with Gasteiger partial charge in [-0.1, -0.05) is 19.1 Å². The Morgan fingerprint density at radius 3 is 2.27 bits per heavy atom. The first kappa shape index (κ1) is 23.0. The molecule has 0 saturated heterocycles. The van der Waals surface area contributed by atoms with Crippen LogP contribution in [-0.2, 0) is 27.8 Å². The summed E-state index contributed by atoms with van der Waals surface area (Å²) in [5, 5.41) is 0. The zero-order valence-electron chi connectivity index (χ0n) is 15.8. The second-order valence-corrected chi connectivity index (χ2v) is 7.04. The molecule has 0 spiro atoms. The Kier molecular flexibility index (Phi) is 11.0. The lowest BCUT2D eigenvalue weighted by atomic mass is 10.2. The Bertz CT molecular complexity index is 532. The van der Waals surface area contributed by atoms with Gasteiger partial charge in [0.1, 0.15) is 12.4 Å². The van der Waals surface area contributed by atoms with Crippen LogP contribution in [0, 0.1) is 5.92 Å². The minimum Gasteiger partial charge on any atom is -0.491 e. The normalized spacial score (nSPS) is 15.0. The lowest BCUT2D eigenvalue weighted by Gasteiger charge is -2.16. The molecule has 0 aliphatic rings. The number of phosphoric ester groups is 1. The summed E-state index contributed by atoms with van der Waals surface area (Å²) in [6.07, 6.45) is -0.435. The van der Waals surface area contributed by atoms with E-state index in [-0.39, 0.29) is 25.7 Å². The molecule has 1 N–H and O–H groups in total. The van der Waals surface area contributed by atoms with E-state index in [2.05, 4.69) is 0 Å². The second-order valence-electron chi connectivity index (χ2n) is 5.58. The summed E-state index contributed by atoms with van der Waals surface area (Å²) in [5.74, 6) is 0.596. The molecule has 2 atom stereocenters. The standard InChI is InChI=1S/C17H29O8P/c1-5-22-12-14(2)13-25-26(18,19)24-11-10-23-16-8-6-15(7-9-16)17(20-3)21-4/h6-9,14,17H,5,10-13H2,1-4H3,(H,18,19). The monoisotopic (exact) mass is 392 g/mol. The maximum Gasteiger partial charge on any atom is 0.472 e. The van der Waals surface area contributed by atoms with Crippen LogP contribution in [0.15, 0.2) is 24.3 Å². The number of hydrogen-bond donors (Lipinski definition) is 1. The number of ether oxygens (including phenoxy) is 4. The molecule has 8 nitrogen and oxygen atoms in total. The average Bonchev–Trinajstić information content (AvgIpc) is 2.64. The van der Waals surface area contributed by atoms with Gasteiger partial charge in [-0.2, -0.15) is 0 Å². The summed E-state index contributed by atoms with van der Waals surface area (Å²) in [5.41, 5.74) is 0.855. The van der Waals surface area contributed by atoms with Crippen molar-refractivity contribution in [3.63, 3.8) is 0 Å². The molecule has 0 saturated carbocycles. The minimum absolute atomic E-state index is 0.00295. The molecule has 1 aromatic rings. The molecule has 1 rings (SSSR count). The minimum atomic E-state index is -4.10. The van der Waals surface area contributed by atoms with Gasteiger partial charge in [-0.15, -0.1) is 0 Å². The van der Waals surface area contributed by atoms with Gasteiger partial charge in [0.2, 0.25) is 0 Å². The van der Waals surface area contributed by atoms with Crippen LogP contribution in [0.2, 0.25) is 0 Å². The molecule has 0 aromatic heterocycles. The van der Waals surface area contributed by atoms with E-state index in [0.717, 1.165) is 5.56 Å². The second kappa shape index (κ2) is 12.4. The number of hydrogen-bond acceptors (Lipinski definition) is 7. The van der Waals surface area contributed by atoms with Gasteiger partial charge in [0, 0.05) is 32.3 Å². The molecule has 0 radical (unpaired) electrons. The molecule has 2 unspecified atom stereocenters. The lowest BCUT2D eigenvalue weighted by molar-refractivity contribution is -0.106. The van der Waals surface area contributed by atoms with E-state index in [1.165, 1.54) is 0 Å². The maximum absolute atomic E-state index is 11.8. The quantitative estimate of drug-likeness (QED) is 0.293. The third kappa shape index (κ3) is 9.09. The van der Waals surface area contributed by atoms with Gasteiger partial charge in [0.05, 0.1) is 19.8 Å². The summed E-state index contributed by atoms with van der Waals surface area (Å²) >= 11 is 0. The Morgan fingerprint density at radius 1 is 1.04 bits per heavy atom. The first-order chi connectivity index (χ1) is 12.4. The summed E-state index contributed by atoms with van der Waals surface area (Å²) in [6, 6.07) is 7.14.